The first kappa shape index (κ1) is 55.2. The van der Waals surface area contributed by atoms with E-state index in [1.54, 1.807) is 0 Å². The molecule has 0 rings (SSSR count). The summed E-state index contributed by atoms with van der Waals surface area (Å²) in [5, 5.41) is 0. The van der Waals surface area contributed by atoms with Gasteiger partial charge in [0.2, 0.25) is 0 Å². The fourth-order valence-corrected chi connectivity index (χ4v) is 7.44. The lowest BCUT2D eigenvalue weighted by molar-refractivity contribution is -0.167. The van der Waals surface area contributed by atoms with Gasteiger partial charge in [0.1, 0.15) is 13.2 Å². The van der Waals surface area contributed by atoms with Gasteiger partial charge in [-0.25, -0.2) is 0 Å². The van der Waals surface area contributed by atoms with Crippen LogP contribution in [-0.2, 0) is 28.6 Å². The second-order valence-electron chi connectivity index (χ2n) is 17.1. The van der Waals surface area contributed by atoms with Crippen LogP contribution in [-0.4, -0.2) is 37.2 Å². The predicted octanol–water partition coefficient (Wildman–Crippen LogP) is 16.2. The van der Waals surface area contributed by atoms with Crippen molar-refractivity contribution in [2.24, 2.45) is 0 Å². The van der Waals surface area contributed by atoms with Crippen molar-refractivity contribution >= 4 is 17.9 Å². The Kier molecular flexibility index (Phi) is 45.3. The van der Waals surface area contributed by atoms with Gasteiger partial charge in [-0.15, -0.1) is 0 Å². The Hall–Kier alpha value is -1.85. The maximum absolute atomic E-state index is 12.8. The van der Waals surface area contributed by atoms with Crippen LogP contribution >= 0.6 is 0 Å². The Bertz CT molecular complexity index is 885. The number of carbonyl (C=O) groups excluding carboxylic acids is 3. The molecule has 0 spiro atoms. The molecule has 0 bridgehead atoms. The zero-order valence-corrected chi connectivity index (χ0v) is 38.4. The van der Waals surface area contributed by atoms with Crippen molar-refractivity contribution in [2.75, 3.05) is 13.2 Å². The molecular weight excluding hydrogens is 709 g/mol. The van der Waals surface area contributed by atoms with Gasteiger partial charge in [0.05, 0.1) is 0 Å². The minimum atomic E-state index is -0.765. The average Bonchev–Trinajstić information content (AvgIpc) is 3.21. The molecule has 6 heteroatoms. The Morgan fingerprint density at radius 2 is 0.579 bits per heavy atom. The molecule has 0 fully saturated rings. The van der Waals surface area contributed by atoms with E-state index in [9.17, 15) is 14.4 Å². The summed E-state index contributed by atoms with van der Waals surface area (Å²) in [4.78, 5) is 37.9. The summed E-state index contributed by atoms with van der Waals surface area (Å²) in [7, 11) is 0. The van der Waals surface area contributed by atoms with Gasteiger partial charge in [-0.2, -0.15) is 0 Å². The highest BCUT2D eigenvalue weighted by Crippen LogP contribution is 2.16. The van der Waals surface area contributed by atoms with E-state index >= 15 is 0 Å². The van der Waals surface area contributed by atoms with Crippen LogP contribution in [0.25, 0.3) is 0 Å². The molecule has 0 saturated heterocycles. The molecule has 0 saturated carbocycles. The van der Waals surface area contributed by atoms with Crippen LogP contribution in [0.4, 0.5) is 0 Å². The standard InChI is InChI=1S/C51H96O6/c1-4-7-10-13-16-19-22-25-27-29-32-35-38-41-44-50(53)56-47-48(46-55-49(52)43-40-37-34-31-28-24-21-18-15-12-9-6-3)57-51(54)45-42-39-36-33-30-26-23-20-17-14-11-8-5-2/h18,21,48H,4-17,19-20,22-47H2,1-3H3/b21-18-. The lowest BCUT2D eigenvalue weighted by Gasteiger charge is -2.18. The number of rotatable bonds is 46. The molecule has 0 aliphatic rings. The monoisotopic (exact) mass is 805 g/mol. The molecule has 0 N–H and O–H groups in total. The largest absolute Gasteiger partial charge is 0.462 e. The third-order valence-corrected chi connectivity index (χ3v) is 11.3. The molecule has 1 atom stereocenters. The minimum Gasteiger partial charge on any atom is -0.462 e. The summed E-state index contributed by atoms with van der Waals surface area (Å²) in [6.07, 6.45) is 50.4. The van der Waals surface area contributed by atoms with Crippen LogP contribution in [0.5, 0.6) is 0 Å². The maximum atomic E-state index is 12.8. The highest BCUT2D eigenvalue weighted by molar-refractivity contribution is 5.71. The third kappa shape index (κ3) is 45.1. The van der Waals surface area contributed by atoms with E-state index < -0.39 is 6.10 Å². The predicted molar refractivity (Wildman–Crippen MR) is 243 cm³/mol. The molecule has 6 nitrogen and oxygen atoms in total. The van der Waals surface area contributed by atoms with Crippen LogP contribution in [0.3, 0.4) is 0 Å². The highest BCUT2D eigenvalue weighted by Gasteiger charge is 2.19. The van der Waals surface area contributed by atoms with E-state index in [0.717, 1.165) is 64.2 Å². The molecule has 1 unspecified atom stereocenters. The minimum absolute atomic E-state index is 0.0673. The quantitative estimate of drug-likeness (QED) is 0.0264. The molecule has 0 aromatic rings. The number of hydrogen-bond acceptors (Lipinski definition) is 6. The molecule has 0 aliphatic carbocycles. The molecule has 0 aromatic heterocycles. The van der Waals surface area contributed by atoms with Gasteiger partial charge in [0.25, 0.3) is 0 Å². The smallest absolute Gasteiger partial charge is 0.306 e. The second kappa shape index (κ2) is 46.8. The van der Waals surface area contributed by atoms with E-state index in [1.165, 1.54) is 173 Å². The van der Waals surface area contributed by atoms with E-state index in [1.807, 2.05) is 0 Å². The van der Waals surface area contributed by atoms with Crippen molar-refractivity contribution in [1.29, 1.82) is 0 Å². The van der Waals surface area contributed by atoms with Crippen LogP contribution in [0, 0.1) is 0 Å². The van der Waals surface area contributed by atoms with Gasteiger partial charge in [0.15, 0.2) is 6.10 Å². The van der Waals surface area contributed by atoms with Crippen molar-refractivity contribution in [1.82, 2.24) is 0 Å². The normalized spacial score (nSPS) is 12.0. The maximum Gasteiger partial charge on any atom is 0.306 e. The van der Waals surface area contributed by atoms with Crippen molar-refractivity contribution in [2.45, 2.75) is 284 Å². The number of carbonyl (C=O) groups is 3. The van der Waals surface area contributed by atoms with Crippen LogP contribution < -0.4 is 0 Å². The zero-order chi connectivity index (χ0) is 41.5. The number of allylic oxidation sites excluding steroid dienone is 2. The first-order valence-electron chi connectivity index (χ1n) is 25.2. The number of unbranched alkanes of at least 4 members (excludes halogenated alkanes) is 33. The van der Waals surface area contributed by atoms with Crippen molar-refractivity contribution in [3.63, 3.8) is 0 Å². The zero-order valence-electron chi connectivity index (χ0n) is 38.4. The molecule has 0 aromatic carbocycles. The number of ether oxygens (including phenoxy) is 3. The van der Waals surface area contributed by atoms with Gasteiger partial charge >= 0.3 is 17.9 Å². The third-order valence-electron chi connectivity index (χ3n) is 11.3. The summed E-state index contributed by atoms with van der Waals surface area (Å²) in [5.41, 5.74) is 0. The van der Waals surface area contributed by atoms with Gasteiger partial charge in [-0.1, -0.05) is 226 Å². The molecule has 0 radical (unpaired) electrons. The van der Waals surface area contributed by atoms with Crippen molar-refractivity contribution in [3.8, 4) is 0 Å². The van der Waals surface area contributed by atoms with Gasteiger partial charge in [-0.05, 0) is 44.9 Å². The summed E-state index contributed by atoms with van der Waals surface area (Å²) in [6, 6.07) is 0. The molecular formula is C51H96O6. The molecule has 57 heavy (non-hydrogen) atoms. The Morgan fingerprint density at radius 3 is 0.912 bits per heavy atom. The fourth-order valence-electron chi connectivity index (χ4n) is 7.44. The molecule has 0 amide bonds. The van der Waals surface area contributed by atoms with Crippen LogP contribution in [0.2, 0.25) is 0 Å². The Morgan fingerprint density at radius 1 is 0.333 bits per heavy atom. The topological polar surface area (TPSA) is 78.9 Å². The SMILES string of the molecule is CCCCC/C=C\CCCCCCCC(=O)OCC(COC(=O)CCCCCCCCCCCCCCCC)OC(=O)CCCCCCCCCCCCCCC. The van der Waals surface area contributed by atoms with Crippen molar-refractivity contribution < 1.29 is 28.6 Å². The highest BCUT2D eigenvalue weighted by atomic mass is 16.6. The second-order valence-corrected chi connectivity index (χ2v) is 17.1. The molecule has 0 heterocycles. The first-order valence-corrected chi connectivity index (χ1v) is 25.2. The summed E-state index contributed by atoms with van der Waals surface area (Å²) >= 11 is 0. The van der Waals surface area contributed by atoms with E-state index in [0.29, 0.717) is 19.3 Å². The first-order chi connectivity index (χ1) is 28.0. The van der Waals surface area contributed by atoms with Gasteiger partial charge in [-0.3, -0.25) is 14.4 Å². The van der Waals surface area contributed by atoms with E-state index in [-0.39, 0.29) is 31.1 Å². The number of esters is 3. The Balaban J connectivity index is 4.33. The summed E-state index contributed by atoms with van der Waals surface area (Å²) in [5.74, 6) is -0.862. The fraction of sp³-hybridized carbons (Fsp3) is 0.902. The summed E-state index contributed by atoms with van der Waals surface area (Å²) in [6.45, 7) is 6.63. The molecule has 336 valence electrons. The molecule has 0 aliphatic heterocycles. The number of hydrogen-bond donors (Lipinski definition) is 0. The Labute approximate surface area is 354 Å². The van der Waals surface area contributed by atoms with E-state index in [2.05, 4.69) is 32.9 Å². The van der Waals surface area contributed by atoms with E-state index in [4.69, 9.17) is 14.2 Å². The van der Waals surface area contributed by atoms with Gasteiger partial charge < -0.3 is 14.2 Å². The lowest BCUT2D eigenvalue weighted by atomic mass is 10.0. The lowest BCUT2D eigenvalue weighted by Crippen LogP contribution is -2.30. The van der Waals surface area contributed by atoms with Gasteiger partial charge in [0, 0.05) is 19.3 Å². The van der Waals surface area contributed by atoms with Crippen molar-refractivity contribution in [3.05, 3.63) is 12.2 Å². The average molecular weight is 805 g/mol. The summed E-state index contributed by atoms with van der Waals surface area (Å²) < 4.78 is 16.8. The van der Waals surface area contributed by atoms with Crippen LogP contribution in [0.1, 0.15) is 278 Å². The van der Waals surface area contributed by atoms with Crippen LogP contribution in [0.15, 0.2) is 12.2 Å².